The summed E-state index contributed by atoms with van der Waals surface area (Å²) < 4.78 is 15.7. The number of hydrogen-bond acceptors (Lipinski definition) is 5. The second-order valence-corrected chi connectivity index (χ2v) is 5.68. The van der Waals surface area contributed by atoms with E-state index in [1.807, 2.05) is 20.8 Å². The molecule has 0 bridgehead atoms. The van der Waals surface area contributed by atoms with Gasteiger partial charge in [-0.2, -0.15) is 0 Å². The molecule has 1 fully saturated rings. The third-order valence-corrected chi connectivity index (χ3v) is 2.93. The monoisotopic (exact) mass is 275 g/mol. The Balaban J connectivity index is 2.67. The summed E-state index contributed by atoms with van der Waals surface area (Å²) in [7, 11) is 1.54. The lowest BCUT2D eigenvalue weighted by atomic mass is 10.00. The highest BCUT2D eigenvalue weighted by molar-refractivity contribution is 5.68. The highest BCUT2D eigenvalue weighted by Gasteiger charge is 2.36. The van der Waals surface area contributed by atoms with Crippen molar-refractivity contribution in [2.24, 2.45) is 0 Å². The number of carbonyl (C=O) groups excluding carboxylic acids is 1. The number of ether oxygens (including phenoxy) is 3. The molecule has 2 atom stereocenters. The Bertz CT molecular complexity index is 289. The molecule has 0 aromatic carbocycles. The van der Waals surface area contributed by atoms with E-state index in [2.05, 4.69) is 0 Å². The van der Waals surface area contributed by atoms with Crippen LogP contribution in [0.4, 0.5) is 4.79 Å². The zero-order valence-corrected chi connectivity index (χ0v) is 12.2. The lowest BCUT2D eigenvalue weighted by molar-refractivity contribution is -0.121. The number of likely N-dealkylation sites (tertiary alicyclic amines) is 1. The zero-order valence-electron chi connectivity index (χ0n) is 12.2. The van der Waals surface area contributed by atoms with E-state index in [0.717, 1.165) is 12.8 Å². The van der Waals surface area contributed by atoms with Crippen LogP contribution in [0.1, 0.15) is 33.6 Å². The fourth-order valence-corrected chi connectivity index (χ4v) is 2.13. The molecule has 0 spiro atoms. The van der Waals surface area contributed by atoms with Gasteiger partial charge in [-0.15, -0.1) is 0 Å². The van der Waals surface area contributed by atoms with Gasteiger partial charge in [-0.1, -0.05) is 0 Å². The standard InChI is InChI=1S/C13H25NO5/c1-13(2,3)19-12(16)14-7-5-6-11(10(14)8-15)18-9-17-4/h10-11,15H,5-9H2,1-4H3/t10-,11+/m0/s1. The minimum Gasteiger partial charge on any atom is -0.444 e. The van der Waals surface area contributed by atoms with Crippen LogP contribution in [0, 0.1) is 0 Å². The van der Waals surface area contributed by atoms with E-state index in [9.17, 15) is 9.90 Å². The van der Waals surface area contributed by atoms with Crippen LogP contribution in [0.3, 0.4) is 0 Å². The first-order valence-corrected chi connectivity index (χ1v) is 6.60. The van der Waals surface area contributed by atoms with Crippen LogP contribution < -0.4 is 0 Å². The number of methoxy groups -OCH3 is 1. The maximum Gasteiger partial charge on any atom is 0.410 e. The SMILES string of the molecule is COCO[C@@H]1CCCN(C(=O)OC(C)(C)C)[C@H]1CO. The van der Waals surface area contributed by atoms with Crippen LogP contribution in [0.5, 0.6) is 0 Å². The summed E-state index contributed by atoms with van der Waals surface area (Å²) in [5, 5.41) is 9.51. The second-order valence-electron chi connectivity index (χ2n) is 5.68. The fourth-order valence-electron chi connectivity index (χ4n) is 2.13. The molecule has 1 aliphatic rings. The summed E-state index contributed by atoms with van der Waals surface area (Å²) in [4.78, 5) is 13.7. The first-order chi connectivity index (χ1) is 8.89. The first-order valence-electron chi connectivity index (χ1n) is 6.60. The molecule has 0 aliphatic carbocycles. The summed E-state index contributed by atoms with van der Waals surface area (Å²) in [5.74, 6) is 0. The maximum atomic E-state index is 12.1. The van der Waals surface area contributed by atoms with Gasteiger partial charge in [-0.3, -0.25) is 0 Å². The number of amides is 1. The topological polar surface area (TPSA) is 68.2 Å². The normalized spacial score (nSPS) is 24.4. The molecule has 6 nitrogen and oxygen atoms in total. The lowest BCUT2D eigenvalue weighted by Gasteiger charge is -2.40. The van der Waals surface area contributed by atoms with E-state index < -0.39 is 11.7 Å². The molecular weight excluding hydrogens is 250 g/mol. The Morgan fingerprint density at radius 1 is 1.42 bits per heavy atom. The Kier molecular flexibility index (Phi) is 6.03. The predicted octanol–water partition coefficient (Wildman–Crippen LogP) is 1.37. The molecule has 1 saturated heterocycles. The van der Waals surface area contributed by atoms with Gasteiger partial charge < -0.3 is 24.2 Å². The van der Waals surface area contributed by atoms with Gasteiger partial charge in [0.1, 0.15) is 12.4 Å². The highest BCUT2D eigenvalue weighted by atomic mass is 16.7. The Labute approximate surface area is 114 Å². The number of nitrogens with zero attached hydrogens (tertiary/aromatic N) is 1. The van der Waals surface area contributed by atoms with Crippen molar-refractivity contribution < 1.29 is 24.1 Å². The summed E-state index contributed by atoms with van der Waals surface area (Å²) in [6.07, 6.45) is 1.00. The number of aliphatic hydroxyl groups excluding tert-OH is 1. The van der Waals surface area contributed by atoms with Crippen LogP contribution >= 0.6 is 0 Å². The maximum absolute atomic E-state index is 12.1. The molecular formula is C13H25NO5. The van der Waals surface area contributed by atoms with Gasteiger partial charge in [0.05, 0.1) is 18.8 Å². The molecule has 0 aromatic rings. The predicted molar refractivity (Wildman–Crippen MR) is 69.8 cm³/mol. The highest BCUT2D eigenvalue weighted by Crippen LogP contribution is 2.22. The summed E-state index contributed by atoms with van der Waals surface area (Å²) in [6, 6.07) is -0.376. The fraction of sp³-hybridized carbons (Fsp3) is 0.923. The van der Waals surface area contributed by atoms with Crippen molar-refractivity contribution in [1.82, 2.24) is 4.90 Å². The number of hydrogen-bond donors (Lipinski definition) is 1. The smallest absolute Gasteiger partial charge is 0.410 e. The molecule has 1 aliphatic heterocycles. The summed E-state index contributed by atoms with van der Waals surface area (Å²) >= 11 is 0. The summed E-state index contributed by atoms with van der Waals surface area (Å²) in [6.45, 7) is 6.05. The van der Waals surface area contributed by atoms with Crippen molar-refractivity contribution in [3.63, 3.8) is 0 Å². The second kappa shape index (κ2) is 7.07. The van der Waals surface area contributed by atoms with E-state index in [4.69, 9.17) is 14.2 Å². The Morgan fingerprint density at radius 2 is 2.11 bits per heavy atom. The van der Waals surface area contributed by atoms with Gasteiger partial charge >= 0.3 is 6.09 Å². The third kappa shape index (κ3) is 4.97. The van der Waals surface area contributed by atoms with Gasteiger partial charge in [-0.25, -0.2) is 4.79 Å². The van der Waals surface area contributed by atoms with Gasteiger partial charge in [0.25, 0.3) is 0 Å². The van der Waals surface area contributed by atoms with Gasteiger partial charge in [0, 0.05) is 13.7 Å². The van der Waals surface area contributed by atoms with Crippen molar-refractivity contribution in [3.8, 4) is 0 Å². The molecule has 0 saturated carbocycles. The number of rotatable bonds is 4. The van der Waals surface area contributed by atoms with Crippen molar-refractivity contribution in [1.29, 1.82) is 0 Å². The van der Waals surface area contributed by atoms with Crippen LogP contribution in [0.2, 0.25) is 0 Å². The molecule has 1 amide bonds. The van der Waals surface area contributed by atoms with Crippen LogP contribution in [-0.2, 0) is 14.2 Å². The molecule has 6 heteroatoms. The van der Waals surface area contributed by atoms with Crippen molar-refractivity contribution >= 4 is 6.09 Å². The van der Waals surface area contributed by atoms with E-state index in [1.54, 1.807) is 12.0 Å². The minimum absolute atomic E-state index is 0.145. The summed E-state index contributed by atoms with van der Waals surface area (Å²) in [5.41, 5.74) is -0.544. The quantitative estimate of drug-likeness (QED) is 0.785. The Hall–Kier alpha value is -0.850. The largest absolute Gasteiger partial charge is 0.444 e. The zero-order chi connectivity index (χ0) is 14.5. The van der Waals surface area contributed by atoms with Crippen molar-refractivity contribution in [3.05, 3.63) is 0 Å². The molecule has 0 radical (unpaired) electrons. The van der Waals surface area contributed by atoms with E-state index in [1.165, 1.54) is 0 Å². The Morgan fingerprint density at radius 3 is 2.63 bits per heavy atom. The number of aliphatic hydroxyl groups is 1. The van der Waals surface area contributed by atoms with E-state index >= 15 is 0 Å². The lowest BCUT2D eigenvalue weighted by Crippen LogP contribution is -2.54. The number of piperidine rings is 1. The van der Waals surface area contributed by atoms with Gasteiger partial charge in [0.15, 0.2) is 0 Å². The molecule has 1 heterocycles. The van der Waals surface area contributed by atoms with Gasteiger partial charge in [0.2, 0.25) is 0 Å². The average molecular weight is 275 g/mol. The van der Waals surface area contributed by atoms with Gasteiger partial charge in [-0.05, 0) is 33.6 Å². The van der Waals surface area contributed by atoms with Crippen LogP contribution in [0.15, 0.2) is 0 Å². The third-order valence-electron chi connectivity index (χ3n) is 2.93. The molecule has 0 unspecified atom stereocenters. The molecule has 112 valence electrons. The van der Waals surface area contributed by atoms with Crippen molar-refractivity contribution in [2.75, 3.05) is 27.1 Å². The minimum atomic E-state index is -0.544. The van der Waals surface area contributed by atoms with Crippen LogP contribution in [0.25, 0.3) is 0 Å². The average Bonchev–Trinajstić information content (AvgIpc) is 2.33. The van der Waals surface area contributed by atoms with Crippen LogP contribution in [-0.4, -0.2) is 60.9 Å². The first kappa shape index (κ1) is 16.2. The molecule has 0 aromatic heterocycles. The molecule has 1 rings (SSSR count). The van der Waals surface area contributed by atoms with E-state index in [0.29, 0.717) is 6.54 Å². The molecule has 1 N–H and O–H groups in total. The van der Waals surface area contributed by atoms with E-state index in [-0.39, 0.29) is 25.5 Å². The van der Waals surface area contributed by atoms with Crippen molar-refractivity contribution in [2.45, 2.75) is 51.4 Å². The molecule has 19 heavy (non-hydrogen) atoms. The number of carbonyl (C=O) groups is 1.